The molecular weight excluding hydrogens is 252 g/mol. The van der Waals surface area contributed by atoms with Crippen molar-refractivity contribution in [3.63, 3.8) is 0 Å². The van der Waals surface area contributed by atoms with Crippen molar-refractivity contribution in [2.45, 2.75) is 110 Å². The van der Waals surface area contributed by atoms with Crippen LogP contribution in [0, 0.1) is 22.7 Å². The Morgan fingerprint density at radius 2 is 1.38 bits per heavy atom. The summed E-state index contributed by atoms with van der Waals surface area (Å²) in [5, 5.41) is 0. The molecule has 0 atom stereocenters. The average Bonchev–Trinajstić information content (AvgIpc) is 2.55. The van der Waals surface area contributed by atoms with E-state index in [1.54, 1.807) is 64.2 Å². The quantitative estimate of drug-likeness (QED) is 0.488. The summed E-state index contributed by atoms with van der Waals surface area (Å²) in [4.78, 5) is 0. The van der Waals surface area contributed by atoms with Crippen LogP contribution in [0.1, 0.15) is 110 Å². The molecule has 2 bridgehead atoms. The average molecular weight is 291 g/mol. The molecule has 0 unspecified atom stereocenters. The Morgan fingerprint density at radius 3 is 1.90 bits per heavy atom. The van der Waals surface area contributed by atoms with Crippen molar-refractivity contribution in [2.75, 3.05) is 0 Å². The minimum atomic E-state index is 0.800. The Hall–Kier alpha value is 0. The Bertz CT molecular complexity index is 296. The maximum atomic E-state index is 2.39. The van der Waals surface area contributed by atoms with E-state index in [2.05, 4.69) is 13.8 Å². The molecule has 0 amide bonds. The van der Waals surface area contributed by atoms with Crippen LogP contribution in [0.15, 0.2) is 0 Å². The molecule has 0 aromatic carbocycles. The first-order valence-electron chi connectivity index (χ1n) is 10.2. The van der Waals surface area contributed by atoms with Gasteiger partial charge in [-0.15, -0.1) is 0 Å². The minimum absolute atomic E-state index is 0.800. The maximum Gasteiger partial charge on any atom is -0.0269 e. The molecule has 4 aliphatic rings. The molecule has 0 heteroatoms. The van der Waals surface area contributed by atoms with Crippen LogP contribution in [-0.2, 0) is 0 Å². The highest BCUT2D eigenvalue weighted by atomic mass is 14.6. The summed E-state index contributed by atoms with van der Waals surface area (Å²) in [6, 6.07) is 0. The summed E-state index contributed by atoms with van der Waals surface area (Å²) in [6.07, 6.45) is 23.1. The first-order chi connectivity index (χ1) is 10.2. The van der Waals surface area contributed by atoms with Crippen LogP contribution in [0.2, 0.25) is 0 Å². The molecule has 21 heavy (non-hydrogen) atoms. The topological polar surface area (TPSA) is 0 Å². The van der Waals surface area contributed by atoms with E-state index < -0.39 is 0 Å². The first kappa shape index (κ1) is 15.9. The Kier molecular flexibility index (Phi) is 5.01. The van der Waals surface area contributed by atoms with E-state index in [0.29, 0.717) is 0 Å². The van der Waals surface area contributed by atoms with E-state index in [4.69, 9.17) is 0 Å². The molecule has 0 nitrogen and oxygen atoms in total. The van der Waals surface area contributed by atoms with E-state index in [1.165, 1.54) is 32.1 Å². The Labute approximate surface area is 133 Å². The Morgan fingerprint density at radius 1 is 0.762 bits per heavy atom. The largest absolute Gasteiger partial charge is 0.0654 e. The number of unbranched alkanes of at least 4 members (excludes halogenated alkanes) is 1. The van der Waals surface area contributed by atoms with Crippen LogP contribution in [-0.4, -0.2) is 0 Å². The Balaban J connectivity index is 1.53. The second kappa shape index (κ2) is 6.63. The second-order valence-corrected chi connectivity index (χ2v) is 8.97. The van der Waals surface area contributed by atoms with Crippen molar-refractivity contribution in [3.05, 3.63) is 0 Å². The summed E-state index contributed by atoms with van der Waals surface area (Å²) in [5.74, 6) is 2.19. The normalized spacial score (nSPS) is 43.1. The van der Waals surface area contributed by atoms with E-state index in [1.807, 2.05) is 0 Å². The van der Waals surface area contributed by atoms with Crippen molar-refractivity contribution in [2.24, 2.45) is 22.7 Å². The molecule has 4 fully saturated rings. The standard InChI is InChI=1S/C21H38/c1-3-5-6-18-7-9-19(10-8-18)21-15-12-20(11-4-2,13-16-21)14-17-21/h18-19H,3-17H2,1-2H3/t18-,19-,20?,21?. The minimum Gasteiger partial charge on any atom is -0.0654 e. The van der Waals surface area contributed by atoms with Gasteiger partial charge in [-0.05, 0) is 80.5 Å². The third-order valence-electron chi connectivity index (χ3n) is 7.92. The molecule has 0 aliphatic heterocycles. The highest BCUT2D eigenvalue weighted by Gasteiger charge is 2.51. The highest BCUT2D eigenvalue weighted by Crippen LogP contribution is 2.63. The summed E-state index contributed by atoms with van der Waals surface area (Å²) in [7, 11) is 0. The molecule has 0 heterocycles. The lowest BCUT2D eigenvalue weighted by molar-refractivity contribution is -0.0648. The van der Waals surface area contributed by atoms with Crippen molar-refractivity contribution < 1.29 is 0 Å². The molecule has 4 aliphatic carbocycles. The third kappa shape index (κ3) is 3.20. The van der Waals surface area contributed by atoms with Crippen LogP contribution in [0.3, 0.4) is 0 Å². The highest BCUT2D eigenvalue weighted by molar-refractivity contribution is 5.02. The van der Waals surface area contributed by atoms with E-state index in [-0.39, 0.29) is 0 Å². The third-order valence-corrected chi connectivity index (χ3v) is 7.92. The number of fused-ring (bicyclic) bond motifs is 3. The number of hydrogen-bond donors (Lipinski definition) is 0. The molecule has 4 saturated carbocycles. The van der Waals surface area contributed by atoms with Gasteiger partial charge in [0.05, 0.1) is 0 Å². The van der Waals surface area contributed by atoms with E-state index in [9.17, 15) is 0 Å². The van der Waals surface area contributed by atoms with Crippen LogP contribution in [0.4, 0.5) is 0 Å². The van der Waals surface area contributed by atoms with Gasteiger partial charge in [0, 0.05) is 0 Å². The zero-order valence-corrected chi connectivity index (χ0v) is 14.8. The van der Waals surface area contributed by atoms with Crippen LogP contribution < -0.4 is 0 Å². The SMILES string of the molecule is CCCC[C@H]1CC[C@H](C23CCC(CCC)(CC2)CC3)CC1. The lowest BCUT2D eigenvalue weighted by Gasteiger charge is -2.58. The van der Waals surface area contributed by atoms with Crippen LogP contribution in [0.5, 0.6) is 0 Å². The summed E-state index contributed by atoms with van der Waals surface area (Å²) >= 11 is 0. The summed E-state index contributed by atoms with van der Waals surface area (Å²) in [6.45, 7) is 4.74. The van der Waals surface area contributed by atoms with Gasteiger partial charge in [0.15, 0.2) is 0 Å². The molecule has 0 aromatic heterocycles. The summed E-state index contributed by atoms with van der Waals surface area (Å²) in [5.41, 5.74) is 1.61. The van der Waals surface area contributed by atoms with Crippen molar-refractivity contribution >= 4 is 0 Å². The fourth-order valence-electron chi connectivity index (χ4n) is 6.37. The van der Waals surface area contributed by atoms with Gasteiger partial charge in [0.1, 0.15) is 0 Å². The molecule has 0 aromatic rings. The van der Waals surface area contributed by atoms with E-state index in [0.717, 1.165) is 22.7 Å². The molecule has 0 radical (unpaired) electrons. The predicted molar refractivity (Wildman–Crippen MR) is 92.4 cm³/mol. The first-order valence-corrected chi connectivity index (χ1v) is 10.2. The maximum absolute atomic E-state index is 2.39. The molecule has 0 saturated heterocycles. The van der Waals surface area contributed by atoms with E-state index >= 15 is 0 Å². The second-order valence-electron chi connectivity index (χ2n) is 8.97. The van der Waals surface area contributed by atoms with Gasteiger partial charge in [-0.25, -0.2) is 0 Å². The van der Waals surface area contributed by atoms with Gasteiger partial charge in [0.2, 0.25) is 0 Å². The van der Waals surface area contributed by atoms with Gasteiger partial charge in [-0.2, -0.15) is 0 Å². The van der Waals surface area contributed by atoms with Gasteiger partial charge < -0.3 is 0 Å². The monoisotopic (exact) mass is 290 g/mol. The van der Waals surface area contributed by atoms with Crippen LogP contribution >= 0.6 is 0 Å². The van der Waals surface area contributed by atoms with Crippen molar-refractivity contribution in [3.8, 4) is 0 Å². The van der Waals surface area contributed by atoms with Crippen molar-refractivity contribution in [1.82, 2.24) is 0 Å². The van der Waals surface area contributed by atoms with Crippen molar-refractivity contribution in [1.29, 1.82) is 0 Å². The zero-order chi connectivity index (χ0) is 14.8. The fourth-order valence-corrected chi connectivity index (χ4v) is 6.37. The van der Waals surface area contributed by atoms with Gasteiger partial charge in [-0.3, -0.25) is 0 Å². The number of hydrogen-bond acceptors (Lipinski definition) is 0. The fraction of sp³-hybridized carbons (Fsp3) is 1.00. The molecule has 4 rings (SSSR count). The molecule has 0 spiro atoms. The molecule has 122 valence electrons. The molecule has 0 N–H and O–H groups in total. The van der Waals surface area contributed by atoms with Gasteiger partial charge in [-0.1, -0.05) is 52.4 Å². The smallest absolute Gasteiger partial charge is 0.0269 e. The van der Waals surface area contributed by atoms with Gasteiger partial charge >= 0.3 is 0 Å². The lowest BCUT2D eigenvalue weighted by Crippen LogP contribution is -2.46. The van der Waals surface area contributed by atoms with Gasteiger partial charge in [0.25, 0.3) is 0 Å². The van der Waals surface area contributed by atoms with Crippen LogP contribution in [0.25, 0.3) is 0 Å². The number of rotatable bonds is 6. The predicted octanol–water partition coefficient (Wildman–Crippen LogP) is 7.12. The zero-order valence-electron chi connectivity index (χ0n) is 14.8. The lowest BCUT2D eigenvalue weighted by atomic mass is 9.47. The molecular formula is C21H38. The summed E-state index contributed by atoms with van der Waals surface area (Å²) < 4.78 is 0.